The minimum Gasteiger partial charge on any atom is -0.392 e. The van der Waals surface area contributed by atoms with Crippen LogP contribution in [0.4, 0.5) is 39.5 Å². The van der Waals surface area contributed by atoms with E-state index in [9.17, 15) is 44.3 Å². The van der Waals surface area contributed by atoms with Gasteiger partial charge in [-0.1, -0.05) is 18.2 Å². The monoisotopic (exact) mass is 340 g/mol. The molecule has 0 saturated heterocycles. The van der Waals surface area contributed by atoms with Crippen LogP contribution in [0.2, 0.25) is 0 Å². The van der Waals surface area contributed by atoms with Crippen LogP contribution in [0.25, 0.3) is 0 Å². The van der Waals surface area contributed by atoms with E-state index in [1.807, 2.05) is 0 Å². The zero-order valence-corrected chi connectivity index (χ0v) is 10.1. The smallest absolute Gasteiger partial charge is 0.392 e. The van der Waals surface area contributed by atoms with E-state index in [4.69, 9.17) is 0 Å². The van der Waals surface area contributed by atoms with E-state index in [2.05, 4.69) is 4.74 Å². The number of carbonyl (C=O) groups excluding carboxylic acids is 1. The highest BCUT2D eigenvalue weighted by Gasteiger charge is 2.83. The van der Waals surface area contributed by atoms with Crippen LogP contribution >= 0.6 is 0 Å². The number of carbonyl (C=O) groups is 1. The maximum absolute atomic E-state index is 13.0. The first-order chi connectivity index (χ1) is 9.74. The van der Waals surface area contributed by atoms with E-state index in [1.165, 1.54) is 6.07 Å². The second-order valence-electron chi connectivity index (χ2n) is 3.92. The van der Waals surface area contributed by atoms with E-state index in [-0.39, 0.29) is 0 Å². The maximum atomic E-state index is 13.0. The molecule has 0 spiro atoms. The Morgan fingerprint density at radius 1 is 0.773 bits per heavy atom. The molecule has 0 unspecified atom stereocenters. The first kappa shape index (κ1) is 18.1. The van der Waals surface area contributed by atoms with Gasteiger partial charge in [-0.25, -0.2) is 4.79 Å². The van der Waals surface area contributed by atoms with Gasteiger partial charge in [0.15, 0.2) is 0 Å². The maximum Gasteiger partial charge on any atom is 0.473 e. The molecule has 0 aliphatic heterocycles. The fraction of sp³-hybridized carbons (Fsp3) is 0.364. The van der Waals surface area contributed by atoms with Gasteiger partial charge in [0.1, 0.15) is 0 Å². The summed E-state index contributed by atoms with van der Waals surface area (Å²) in [5, 5.41) is 0. The van der Waals surface area contributed by atoms with Crippen molar-refractivity contribution in [1.29, 1.82) is 0 Å². The Hall–Kier alpha value is -1.94. The quantitative estimate of drug-likeness (QED) is 0.604. The van der Waals surface area contributed by atoms with Gasteiger partial charge in [0.2, 0.25) is 0 Å². The molecule has 0 N–H and O–H groups in total. The topological polar surface area (TPSA) is 26.3 Å². The molecular formula is C11H5F9O2. The summed E-state index contributed by atoms with van der Waals surface area (Å²) in [5.74, 6) is -16.3. The Kier molecular flexibility index (Phi) is 4.41. The van der Waals surface area contributed by atoms with Crippen molar-refractivity contribution in [2.75, 3.05) is 0 Å². The third kappa shape index (κ3) is 2.97. The molecule has 0 saturated carbocycles. The first-order valence-electron chi connectivity index (χ1n) is 5.22. The summed E-state index contributed by atoms with van der Waals surface area (Å²) >= 11 is 0. The molecular weight excluding hydrogens is 335 g/mol. The lowest BCUT2D eigenvalue weighted by Gasteiger charge is -2.32. The van der Waals surface area contributed by atoms with Crippen molar-refractivity contribution in [1.82, 2.24) is 0 Å². The summed E-state index contributed by atoms with van der Waals surface area (Å²) in [6, 6.07) is 5.09. The first-order valence-corrected chi connectivity index (χ1v) is 5.22. The molecule has 0 fully saturated rings. The van der Waals surface area contributed by atoms with Gasteiger partial charge < -0.3 is 4.74 Å². The van der Waals surface area contributed by atoms with Gasteiger partial charge in [-0.3, -0.25) is 0 Å². The van der Waals surface area contributed by atoms with Crippen LogP contribution in [0.5, 0.6) is 0 Å². The van der Waals surface area contributed by atoms with Crippen LogP contribution in [-0.2, 0) is 4.74 Å². The summed E-state index contributed by atoms with van der Waals surface area (Å²) in [4.78, 5) is 11.1. The molecule has 1 rings (SSSR count). The summed E-state index contributed by atoms with van der Waals surface area (Å²) in [7, 11) is 0. The molecule has 0 atom stereocenters. The number of esters is 1. The van der Waals surface area contributed by atoms with Crippen LogP contribution in [0.15, 0.2) is 30.3 Å². The minimum absolute atomic E-state index is 0.742. The summed E-state index contributed by atoms with van der Waals surface area (Å²) in [5.41, 5.74) is -0.742. The third-order valence-corrected chi connectivity index (χ3v) is 2.35. The van der Waals surface area contributed by atoms with E-state index >= 15 is 0 Å². The minimum atomic E-state index is -7.11. The van der Waals surface area contributed by atoms with Gasteiger partial charge in [-0.05, 0) is 12.1 Å². The summed E-state index contributed by atoms with van der Waals surface area (Å²) < 4.78 is 115. The molecule has 0 aliphatic carbocycles. The Morgan fingerprint density at radius 2 is 1.23 bits per heavy atom. The molecule has 0 aromatic heterocycles. The average molecular weight is 340 g/mol. The molecule has 0 radical (unpaired) electrons. The van der Waals surface area contributed by atoms with Crippen molar-refractivity contribution in [2.24, 2.45) is 0 Å². The van der Waals surface area contributed by atoms with Crippen molar-refractivity contribution in [3.63, 3.8) is 0 Å². The normalized spacial score (nSPS) is 13.9. The molecule has 2 nitrogen and oxygen atoms in total. The van der Waals surface area contributed by atoms with E-state index < -0.39 is 35.7 Å². The second-order valence-corrected chi connectivity index (χ2v) is 3.92. The summed E-state index contributed by atoms with van der Waals surface area (Å²) in [6.07, 6.45) is -13.4. The van der Waals surface area contributed by atoms with Crippen LogP contribution in [0.3, 0.4) is 0 Å². The van der Waals surface area contributed by atoms with Gasteiger partial charge in [0.25, 0.3) is 0 Å². The number of rotatable bonds is 4. The number of halogens is 9. The second kappa shape index (κ2) is 5.36. The predicted octanol–water partition coefficient (Wildman–Crippen LogP) is 4.27. The van der Waals surface area contributed by atoms with Gasteiger partial charge in [-0.15, -0.1) is 0 Å². The van der Waals surface area contributed by atoms with Gasteiger partial charge in [-0.2, -0.15) is 39.5 Å². The average Bonchev–Trinajstić information content (AvgIpc) is 2.37. The van der Waals surface area contributed by atoms with Gasteiger partial charge in [0.05, 0.1) is 5.56 Å². The number of alkyl halides is 9. The number of hydrogen-bond donors (Lipinski definition) is 0. The number of benzene rings is 1. The van der Waals surface area contributed by atoms with Crippen molar-refractivity contribution >= 4 is 5.97 Å². The van der Waals surface area contributed by atoms with E-state index in [1.54, 1.807) is 0 Å². The zero-order valence-electron chi connectivity index (χ0n) is 10.1. The molecule has 0 heterocycles. The van der Waals surface area contributed by atoms with E-state index in [0.29, 0.717) is 0 Å². The molecule has 0 aliphatic rings. The fourth-order valence-corrected chi connectivity index (χ4v) is 1.17. The summed E-state index contributed by atoms with van der Waals surface area (Å²) in [6.45, 7) is 0. The molecule has 1 aromatic carbocycles. The van der Waals surface area contributed by atoms with Crippen molar-refractivity contribution < 1.29 is 49.0 Å². The standard InChI is InChI=1S/C11H5F9O2/c12-8(13,10(16,17)18)9(14,15)11(19,20)22-7(21)6-4-2-1-3-5-6/h1-5H. The molecule has 0 amide bonds. The highest BCUT2D eigenvalue weighted by Crippen LogP contribution is 2.53. The Labute approximate surface area is 116 Å². The van der Waals surface area contributed by atoms with Gasteiger partial charge in [0, 0.05) is 0 Å². The Balaban J connectivity index is 3.10. The van der Waals surface area contributed by atoms with Crippen molar-refractivity contribution in [2.45, 2.75) is 24.1 Å². The van der Waals surface area contributed by atoms with Crippen LogP contribution in [0, 0.1) is 0 Å². The van der Waals surface area contributed by atoms with Gasteiger partial charge >= 0.3 is 30.1 Å². The highest BCUT2D eigenvalue weighted by molar-refractivity contribution is 5.89. The van der Waals surface area contributed by atoms with Crippen molar-refractivity contribution in [3.05, 3.63) is 35.9 Å². The number of hydrogen-bond acceptors (Lipinski definition) is 2. The predicted molar refractivity (Wildman–Crippen MR) is 52.8 cm³/mol. The lowest BCUT2D eigenvalue weighted by Crippen LogP contribution is -2.62. The molecule has 11 heteroatoms. The van der Waals surface area contributed by atoms with Crippen LogP contribution in [0.1, 0.15) is 10.4 Å². The Morgan fingerprint density at radius 3 is 1.64 bits per heavy atom. The zero-order chi connectivity index (χ0) is 17.4. The van der Waals surface area contributed by atoms with Crippen molar-refractivity contribution in [3.8, 4) is 0 Å². The number of ether oxygens (including phenoxy) is 1. The fourth-order valence-electron chi connectivity index (χ4n) is 1.17. The highest BCUT2D eigenvalue weighted by atomic mass is 19.4. The van der Waals surface area contributed by atoms with E-state index in [0.717, 1.165) is 24.3 Å². The van der Waals surface area contributed by atoms with Crippen LogP contribution in [-0.4, -0.2) is 30.1 Å². The third-order valence-electron chi connectivity index (χ3n) is 2.35. The molecule has 124 valence electrons. The lowest BCUT2D eigenvalue weighted by atomic mass is 10.1. The largest absolute Gasteiger partial charge is 0.473 e. The Bertz CT molecular complexity index is 536. The molecule has 1 aromatic rings. The molecule has 22 heavy (non-hydrogen) atoms. The van der Waals surface area contributed by atoms with Crippen LogP contribution < -0.4 is 0 Å². The molecule has 0 bridgehead atoms. The lowest BCUT2D eigenvalue weighted by molar-refractivity contribution is -0.433. The SMILES string of the molecule is O=C(OC(F)(F)C(F)(F)C(F)(F)C(F)(F)F)c1ccccc1.